The van der Waals surface area contributed by atoms with Crippen LogP contribution in [-0.4, -0.2) is 18.8 Å². The van der Waals surface area contributed by atoms with E-state index in [0.717, 1.165) is 34.3 Å². The van der Waals surface area contributed by atoms with Crippen LogP contribution in [0.5, 0.6) is 0 Å². The van der Waals surface area contributed by atoms with Crippen LogP contribution < -0.4 is 5.73 Å². The lowest BCUT2D eigenvalue weighted by molar-refractivity contribution is -0.0430. The summed E-state index contributed by atoms with van der Waals surface area (Å²) in [6.07, 6.45) is 7.86. The van der Waals surface area contributed by atoms with Gasteiger partial charge in [0.25, 0.3) is 0 Å². The van der Waals surface area contributed by atoms with Crippen LogP contribution in [0.25, 0.3) is 0 Å². The quantitative estimate of drug-likeness (QED) is 0.789. The van der Waals surface area contributed by atoms with Crippen LogP contribution in [0.15, 0.2) is 22.7 Å². The average Bonchev–Trinajstić information content (AvgIpc) is 2.68. The van der Waals surface area contributed by atoms with Crippen LogP contribution in [0.3, 0.4) is 0 Å². The number of benzene rings is 1. The third-order valence-electron chi connectivity index (χ3n) is 4.49. The fraction of sp³-hybridized carbons (Fsp3) is 0.625. The molecule has 1 fully saturated rings. The molecular formula is C16H23BrClNO. The molecule has 0 saturated heterocycles. The van der Waals surface area contributed by atoms with E-state index in [-0.39, 0.29) is 11.6 Å². The van der Waals surface area contributed by atoms with Gasteiger partial charge in [0, 0.05) is 22.6 Å². The van der Waals surface area contributed by atoms with Gasteiger partial charge in [-0.15, -0.1) is 0 Å². The first-order valence-corrected chi connectivity index (χ1v) is 8.49. The van der Waals surface area contributed by atoms with Crippen molar-refractivity contribution in [2.45, 2.75) is 56.6 Å². The van der Waals surface area contributed by atoms with Crippen molar-refractivity contribution in [1.82, 2.24) is 0 Å². The van der Waals surface area contributed by atoms with Gasteiger partial charge in [0.1, 0.15) is 0 Å². The zero-order valence-corrected chi connectivity index (χ0v) is 14.3. The van der Waals surface area contributed by atoms with Gasteiger partial charge in [-0.25, -0.2) is 0 Å². The predicted molar refractivity (Wildman–Crippen MR) is 88.3 cm³/mol. The molecule has 2 rings (SSSR count). The maximum Gasteiger partial charge on any atom is 0.0832 e. The summed E-state index contributed by atoms with van der Waals surface area (Å²) in [6.45, 7) is 0. The van der Waals surface area contributed by atoms with Gasteiger partial charge >= 0.3 is 0 Å². The van der Waals surface area contributed by atoms with Crippen molar-refractivity contribution < 1.29 is 4.74 Å². The van der Waals surface area contributed by atoms with Crippen molar-refractivity contribution in [2.24, 2.45) is 5.73 Å². The van der Waals surface area contributed by atoms with Crippen molar-refractivity contribution in [3.63, 3.8) is 0 Å². The molecule has 112 valence electrons. The standard InChI is InChI=1S/C16H23BrClNO/c1-20-16(8-4-2-3-5-9-16)15(19)10-12-6-7-13(17)11-14(12)18/h6-7,11,15H,2-5,8-10,19H2,1H3. The van der Waals surface area contributed by atoms with Crippen LogP contribution in [0.2, 0.25) is 5.02 Å². The molecule has 1 aromatic carbocycles. The SMILES string of the molecule is COC1(C(N)Cc2ccc(Br)cc2Cl)CCCCCC1. The molecule has 1 aliphatic carbocycles. The normalized spacial score (nSPS) is 20.4. The molecule has 2 N–H and O–H groups in total. The van der Waals surface area contributed by atoms with Crippen LogP contribution in [-0.2, 0) is 11.2 Å². The topological polar surface area (TPSA) is 35.2 Å². The maximum absolute atomic E-state index is 6.51. The Labute approximate surface area is 135 Å². The summed E-state index contributed by atoms with van der Waals surface area (Å²) < 4.78 is 6.88. The minimum absolute atomic E-state index is 0.00993. The molecule has 1 aromatic rings. The summed E-state index contributed by atoms with van der Waals surface area (Å²) in [5.74, 6) is 0. The predicted octanol–water partition coefficient (Wildman–Crippen LogP) is 4.71. The van der Waals surface area contributed by atoms with E-state index in [4.69, 9.17) is 22.1 Å². The lowest BCUT2D eigenvalue weighted by Crippen LogP contribution is -2.50. The number of rotatable bonds is 4. The Balaban J connectivity index is 2.13. The molecule has 2 nitrogen and oxygen atoms in total. The van der Waals surface area contributed by atoms with Gasteiger partial charge in [0.2, 0.25) is 0 Å². The van der Waals surface area contributed by atoms with Crippen molar-refractivity contribution >= 4 is 27.5 Å². The Kier molecular flexibility index (Phi) is 5.91. The molecule has 0 bridgehead atoms. The zero-order chi connectivity index (χ0) is 14.6. The summed E-state index contributed by atoms with van der Waals surface area (Å²) in [5.41, 5.74) is 7.42. The van der Waals surface area contributed by atoms with Crippen molar-refractivity contribution in [3.05, 3.63) is 33.3 Å². The van der Waals surface area contributed by atoms with Crippen molar-refractivity contribution in [3.8, 4) is 0 Å². The van der Waals surface area contributed by atoms with Gasteiger partial charge in [-0.3, -0.25) is 0 Å². The van der Waals surface area contributed by atoms with E-state index < -0.39 is 0 Å². The van der Waals surface area contributed by atoms with E-state index >= 15 is 0 Å². The highest BCUT2D eigenvalue weighted by Gasteiger charge is 2.37. The molecule has 0 aliphatic heterocycles. The fourth-order valence-electron chi connectivity index (χ4n) is 3.16. The first-order valence-electron chi connectivity index (χ1n) is 7.32. The highest BCUT2D eigenvalue weighted by molar-refractivity contribution is 9.10. The lowest BCUT2D eigenvalue weighted by atomic mass is 9.83. The Hall–Kier alpha value is -0.0900. The van der Waals surface area contributed by atoms with E-state index in [1.54, 1.807) is 7.11 Å². The van der Waals surface area contributed by atoms with Gasteiger partial charge < -0.3 is 10.5 Å². The number of hydrogen-bond donors (Lipinski definition) is 1. The molecule has 0 radical (unpaired) electrons. The smallest absolute Gasteiger partial charge is 0.0832 e. The van der Waals surface area contributed by atoms with E-state index in [1.165, 1.54) is 25.7 Å². The molecule has 4 heteroatoms. The Morgan fingerprint density at radius 1 is 1.30 bits per heavy atom. The summed E-state index contributed by atoms with van der Waals surface area (Å²) >= 11 is 9.74. The van der Waals surface area contributed by atoms with E-state index in [2.05, 4.69) is 15.9 Å². The van der Waals surface area contributed by atoms with Gasteiger partial charge in [-0.2, -0.15) is 0 Å². The highest BCUT2D eigenvalue weighted by atomic mass is 79.9. The zero-order valence-electron chi connectivity index (χ0n) is 12.0. The van der Waals surface area contributed by atoms with Crippen LogP contribution in [0.1, 0.15) is 44.1 Å². The number of ether oxygens (including phenoxy) is 1. The van der Waals surface area contributed by atoms with Crippen molar-refractivity contribution in [2.75, 3.05) is 7.11 Å². The monoisotopic (exact) mass is 359 g/mol. The van der Waals surface area contributed by atoms with E-state index in [0.29, 0.717) is 0 Å². The number of halogens is 2. The molecule has 1 aliphatic rings. The average molecular weight is 361 g/mol. The summed E-state index contributed by atoms with van der Waals surface area (Å²) in [7, 11) is 1.80. The molecule has 1 unspecified atom stereocenters. The summed E-state index contributed by atoms with van der Waals surface area (Å²) in [6, 6.07) is 5.98. The summed E-state index contributed by atoms with van der Waals surface area (Å²) in [5, 5.41) is 0.773. The molecule has 0 heterocycles. The minimum atomic E-state index is -0.188. The molecule has 1 saturated carbocycles. The molecular weight excluding hydrogens is 338 g/mol. The maximum atomic E-state index is 6.51. The van der Waals surface area contributed by atoms with Gasteiger partial charge in [0.05, 0.1) is 5.60 Å². The van der Waals surface area contributed by atoms with Crippen LogP contribution in [0, 0.1) is 0 Å². The largest absolute Gasteiger partial charge is 0.377 e. The van der Waals surface area contributed by atoms with Gasteiger partial charge in [-0.05, 0) is 37.0 Å². The Morgan fingerprint density at radius 2 is 1.95 bits per heavy atom. The highest BCUT2D eigenvalue weighted by Crippen LogP contribution is 2.34. The first kappa shape index (κ1) is 16.3. The second kappa shape index (κ2) is 7.26. The second-order valence-electron chi connectivity index (χ2n) is 5.73. The molecule has 0 spiro atoms. The first-order chi connectivity index (χ1) is 9.57. The van der Waals surface area contributed by atoms with Crippen LogP contribution >= 0.6 is 27.5 Å². The van der Waals surface area contributed by atoms with Crippen molar-refractivity contribution in [1.29, 1.82) is 0 Å². The van der Waals surface area contributed by atoms with Gasteiger partial charge in [0.15, 0.2) is 0 Å². The third-order valence-corrected chi connectivity index (χ3v) is 5.33. The van der Waals surface area contributed by atoms with E-state index in [1.807, 2.05) is 18.2 Å². The molecule has 20 heavy (non-hydrogen) atoms. The minimum Gasteiger partial charge on any atom is -0.377 e. The number of nitrogens with two attached hydrogens (primary N) is 1. The molecule has 0 amide bonds. The third kappa shape index (κ3) is 3.76. The molecule has 0 aromatic heterocycles. The fourth-order valence-corrected chi connectivity index (χ4v) is 3.91. The summed E-state index contributed by atoms with van der Waals surface area (Å²) in [4.78, 5) is 0. The lowest BCUT2D eigenvalue weighted by Gasteiger charge is -2.37. The van der Waals surface area contributed by atoms with Gasteiger partial charge in [-0.1, -0.05) is 59.3 Å². The second-order valence-corrected chi connectivity index (χ2v) is 7.05. The molecule has 1 atom stereocenters. The van der Waals surface area contributed by atoms with E-state index in [9.17, 15) is 0 Å². The Bertz CT molecular complexity index is 444. The number of hydrogen-bond acceptors (Lipinski definition) is 2. The van der Waals surface area contributed by atoms with Crippen LogP contribution in [0.4, 0.5) is 0 Å². The Morgan fingerprint density at radius 3 is 2.50 bits per heavy atom. The number of methoxy groups -OCH3 is 1.